The van der Waals surface area contributed by atoms with Crippen LogP contribution in [0.2, 0.25) is 0 Å². The Labute approximate surface area is 328 Å². The Hall–Kier alpha value is -4.76. The van der Waals surface area contributed by atoms with Crippen LogP contribution in [0, 0.1) is 11.3 Å². The molecule has 2 saturated carbocycles. The highest BCUT2D eigenvalue weighted by atomic mass is 32.2. The molecular weight excluding hydrogens is 737 g/mol. The summed E-state index contributed by atoms with van der Waals surface area (Å²) in [4.78, 5) is 63.7. The van der Waals surface area contributed by atoms with Crippen molar-refractivity contribution in [3.63, 3.8) is 0 Å². The molecule has 4 amide bonds. The van der Waals surface area contributed by atoms with Crippen molar-refractivity contribution < 1.29 is 37.2 Å². The van der Waals surface area contributed by atoms with Gasteiger partial charge in [0.2, 0.25) is 11.8 Å². The van der Waals surface area contributed by atoms with Crippen LogP contribution in [-0.2, 0) is 34.2 Å². The van der Waals surface area contributed by atoms with Gasteiger partial charge in [-0.15, -0.1) is 6.58 Å². The highest BCUT2D eigenvalue weighted by Gasteiger charge is 2.62. The highest BCUT2D eigenvalue weighted by molar-refractivity contribution is 7.87. The lowest BCUT2D eigenvalue weighted by atomic mass is 9.85. The molecular formula is C41H52N6O8S. The van der Waals surface area contributed by atoms with Crippen LogP contribution in [0.5, 0.6) is 0 Å². The van der Waals surface area contributed by atoms with E-state index in [-0.39, 0.29) is 25.5 Å². The van der Waals surface area contributed by atoms with Gasteiger partial charge < -0.3 is 25.1 Å². The van der Waals surface area contributed by atoms with Gasteiger partial charge in [0.05, 0.1) is 6.54 Å². The quantitative estimate of drug-likeness (QED) is 0.179. The summed E-state index contributed by atoms with van der Waals surface area (Å²) in [6.07, 6.45) is 5.36. The van der Waals surface area contributed by atoms with E-state index in [1.807, 2.05) is 69.3 Å². The Morgan fingerprint density at radius 2 is 1.55 bits per heavy atom. The van der Waals surface area contributed by atoms with Gasteiger partial charge in [-0.3, -0.25) is 14.4 Å². The second kappa shape index (κ2) is 15.6. The van der Waals surface area contributed by atoms with Crippen LogP contribution >= 0.6 is 0 Å². The van der Waals surface area contributed by atoms with Crippen molar-refractivity contribution in [1.82, 2.24) is 24.6 Å². The van der Waals surface area contributed by atoms with E-state index >= 15 is 0 Å². The first-order chi connectivity index (χ1) is 26.7. The maximum absolute atomic E-state index is 14.6. The first-order valence-electron chi connectivity index (χ1n) is 19.7. The zero-order chi connectivity index (χ0) is 39.8. The molecule has 2 heterocycles. The third-order valence-electron chi connectivity index (χ3n) is 11.7. The fourth-order valence-electron chi connectivity index (χ4n) is 8.52. The molecule has 0 radical (unpaired) electrons. The van der Waals surface area contributed by atoms with Crippen molar-refractivity contribution >= 4 is 39.7 Å². The van der Waals surface area contributed by atoms with Crippen LogP contribution < -0.4 is 15.4 Å². The summed E-state index contributed by atoms with van der Waals surface area (Å²) in [6, 6.07) is 13.5. The largest absolute Gasteiger partial charge is 0.446 e. The van der Waals surface area contributed by atoms with Crippen LogP contribution in [0.25, 0.3) is 11.1 Å². The van der Waals surface area contributed by atoms with E-state index in [1.165, 1.54) is 9.21 Å². The number of carbonyl (C=O) groups excluding carboxylic acids is 4. The number of hydrogen-bond acceptors (Lipinski definition) is 9. The first-order valence-corrected chi connectivity index (χ1v) is 21.1. The highest BCUT2D eigenvalue weighted by Crippen LogP contribution is 2.47. The molecule has 15 heteroatoms. The molecule has 3 aliphatic carbocycles. The molecule has 300 valence electrons. The molecule has 4 fully saturated rings. The average molecular weight is 789 g/mol. The number of rotatable bonds is 12. The standard InChI is InChI=1S/C41H52N6O8S/c1-5-14-26-24-41(26,38(50)45-56(52,53)46-21-12-13-22-46)43-36(48)33-23-28(55-44-34-31-19-10-8-17-29(31)30-18-9-11-20-32(30)34)25-47(33)37(49)35(40(2,3)4)42-39(51)54-27-15-6-7-16-27/h5,8-11,17-20,26-28,33,35H,1,6-7,12-16,21-25H2,2-4H3,(H,42,51)(H,43,48)(H,45,50)/t26-,28-,33+,35-,41-/m1/s1. The zero-order valence-corrected chi connectivity index (χ0v) is 33.1. The van der Waals surface area contributed by atoms with Crippen molar-refractivity contribution in [3.8, 4) is 11.1 Å². The molecule has 0 spiro atoms. The smallest absolute Gasteiger partial charge is 0.408 e. The lowest BCUT2D eigenvalue weighted by molar-refractivity contribution is -0.143. The molecule has 5 atom stereocenters. The summed E-state index contributed by atoms with van der Waals surface area (Å²) in [7, 11) is -4.13. The molecule has 0 aromatic heterocycles. The van der Waals surface area contributed by atoms with Gasteiger partial charge in [0.1, 0.15) is 35.5 Å². The van der Waals surface area contributed by atoms with Gasteiger partial charge in [0, 0.05) is 30.6 Å². The summed E-state index contributed by atoms with van der Waals surface area (Å²) < 4.78 is 35.4. The number of amides is 4. The third-order valence-corrected chi connectivity index (χ3v) is 13.2. The van der Waals surface area contributed by atoms with Gasteiger partial charge in [-0.2, -0.15) is 12.7 Å². The van der Waals surface area contributed by atoms with Crippen LogP contribution in [0.3, 0.4) is 0 Å². The number of ether oxygens (including phenoxy) is 1. The molecule has 5 aliphatic rings. The van der Waals surface area contributed by atoms with Crippen molar-refractivity contribution in [1.29, 1.82) is 0 Å². The Morgan fingerprint density at radius 3 is 2.14 bits per heavy atom. The van der Waals surface area contributed by atoms with Gasteiger partial charge >= 0.3 is 16.3 Å². The monoisotopic (exact) mass is 788 g/mol. The normalized spacial score (nSPS) is 25.2. The molecule has 0 bridgehead atoms. The van der Waals surface area contributed by atoms with E-state index in [2.05, 4.69) is 27.1 Å². The summed E-state index contributed by atoms with van der Waals surface area (Å²) in [5, 5.41) is 10.3. The minimum absolute atomic E-state index is 0.0247. The summed E-state index contributed by atoms with van der Waals surface area (Å²) in [5.41, 5.74) is 2.13. The van der Waals surface area contributed by atoms with E-state index < -0.39 is 69.1 Å². The van der Waals surface area contributed by atoms with Gasteiger partial charge in [-0.05, 0) is 73.8 Å². The molecule has 14 nitrogen and oxygen atoms in total. The zero-order valence-electron chi connectivity index (χ0n) is 32.3. The van der Waals surface area contributed by atoms with Crippen molar-refractivity contribution in [2.45, 2.75) is 108 Å². The fraction of sp³-hybridized carbons (Fsp3) is 0.537. The first kappa shape index (κ1) is 39.5. The number of nitrogens with zero attached hydrogens (tertiary/aromatic N) is 3. The summed E-state index contributed by atoms with van der Waals surface area (Å²) >= 11 is 0. The fourth-order valence-corrected chi connectivity index (χ4v) is 9.80. The Bertz CT molecular complexity index is 1970. The number of carbonyl (C=O) groups is 4. The molecule has 2 aromatic carbocycles. The van der Waals surface area contributed by atoms with Crippen molar-refractivity contribution in [2.24, 2.45) is 16.5 Å². The minimum atomic E-state index is -4.13. The Morgan fingerprint density at radius 1 is 0.946 bits per heavy atom. The Balaban J connectivity index is 1.16. The number of allylic oxidation sites excluding steroid dienone is 1. The van der Waals surface area contributed by atoms with E-state index in [0.717, 1.165) is 47.9 Å². The molecule has 3 N–H and O–H groups in total. The van der Waals surface area contributed by atoms with Crippen LogP contribution in [0.4, 0.5) is 4.79 Å². The summed E-state index contributed by atoms with van der Waals surface area (Å²) in [5.74, 6) is -2.40. The van der Waals surface area contributed by atoms with Crippen LogP contribution in [0.1, 0.15) is 89.7 Å². The minimum Gasteiger partial charge on any atom is -0.446 e. The van der Waals surface area contributed by atoms with E-state index in [0.29, 0.717) is 38.1 Å². The molecule has 2 aliphatic heterocycles. The van der Waals surface area contributed by atoms with Crippen LogP contribution in [0.15, 0.2) is 66.3 Å². The summed E-state index contributed by atoms with van der Waals surface area (Å²) in [6.45, 7) is 9.80. The van der Waals surface area contributed by atoms with Gasteiger partial charge in [-0.25, -0.2) is 9.52 Å². The number of alkyl carbamates (subject to hydrolysis) is 1. The predicted octanol–water partition coefficient (Wildman–Crippen LogP) is 4.40. The maximum Gasteiger partial charge on any atom is 0.408 e. The predicted molar refractivity (Wildman–Crippen MR) is 209 cm³/mol. The van der Waals surface area contributed by atoms with Crippen molar-refractivity contribution in [3.05, 3.63) is 72.3 Å². The number of nitrogens with one attached hydrogen (secondary N) is 3. The molecule has 56 heavy (non-hydrogen) atoms. The average Bonchev–Trinajstić information content (AvgIpc) is 3.77. The number of likely N-dealkylation sites (tertiary alicyclic amines) is 1. The number of hydrogen-bond donors (Lipinski definition) is 3. The molecule has 2 aromatic rings. The number of fused-ring (bicyclic) bond motifs is 3. The number of oxime groups is 1. The van der Waals surface area contributed by atoms with Crippen LogP contribution in [-0.4, -0.2) is 96.6 Å². The third kappa shape index (κ3) is 7.93. The molecule has 0 unspecified atom stereocenters. The second-order valence-electron chi connectivity index (χ2n) is 16.7. The maximum atomic E-state index is 14.6. The van der Waals surface area contributed by atoms with Gasteiger partial charge in [0.15, 0.2) is 0 Å². The molecule has 7 rings (SSSR count). The van der Waals surface area contributed by atoms with Gasteiger partial charge in [0.25, 0.3) is 5.91 Å². The second-order valence-corrected chi connectivity index (χ2v) is 18.4. The van der Waals surface area contributed by atoms with Crippen molar-refractivity contribution in [2.75, 3.05) is 19.6 Å². The lowest BCUT2D eigenvalue weighted by Gasteiger charge is -2.35. The molecule has 2 saturated heterocycles. The van der Waals surface area contributed by atoms with Gasteiger partial charge in [-0.1, -0.05) is 80.5 Å². The van der Waals surface area contributed by atoms with E-state index in [9.17, 15) is 27.6 Å². The Kier molecular flexibility index (Phi) is 11.0. The SMILES string of the molecule is C=CC[C@@H]1C[C@]1(NC(=O)[C@@H]1C[C@@H](ON=C2c3ccccc3-c3ccccc32)CN1C(=O)[C@@H](NC(=O)OC1CCCC1)C(C)(C)C)C(=O)NS(=O)(=O)N1CCCC1. The van der Waals surface area contributed by atoms with E-state index in [4.69, 9.17) is 9.57 Å². The van der Waals surface area contributed by atoms with E-state index in [1.54, 1.807) is 6.08 Å². The lowest BCUT2D eigenvalue weighted by Crippen LogP contribution is -2.60. The topological polar surface area (TPSA) is 176 Å². The number of benzene rings is 2.